The Kier molecular flexibility index (Phi) is 2.86. The van der Waals surface area contributed by atoms with E-state index in [-0.39, 0.29) is 25.7 Å². The molecule has 0 saturated heterocycles. The zero-order valence-electron chi connectivity index (χ0n) is 8.06. The zero-order valence-corrected chi connectivity index (χ0v) is 10.5. The summed E-state index contributed by atoms with van der Waals surface area (Å²) in [5.74, 6) is 0. The van der Waals surface area contributed by atoms with E-state index in [1.165, 1.54) is 0 Å². The van der Waals surface area contributed by atoms with Crippen LogP contribution in [-0.2, 0) is 20.1 Å². The third-order valence-electron chi connectivity index (χ3n) is 2.29. The predicted octanol–water partition coefficient (Wildman–Crippen LogP) is 2.14. The molecule has 3 rings (SSSR count). The largest absolute Gasteiger partial charge is 0.438 e. The Morgan fingerprint density at radius 1 is 1.25 bits per heavy atom. The van der Waals surface area contributed by atoms with Gasteiger partial charge in [0.2, 0.25) is 0 Å². The molecule has 0 aliphatic heterocycles. The van der Waals surface area contributed by atoms with Crippen LogP contribution in [-0.4, -0.2) is 4.98 Å². The zero-order chi connectivity index (χ0) is 10.3. The molecule has 4 heteroatoms. The first-order valence-corrected chi connectivity index (χ1v) is 4.54. The van der Waals surface area contributed by atoms with Gasteiger partial charge in [-0.15, -0.1) is 29.7 Å². The van der Waals surface area contributed by atoms with Crippen LogP contribution in [0.4, 0.5) is 0 Å². The third-order valence-corrected chi connectivity index (χ3v) is 2.29. The number of benzene rings is 1. The predicted molar refractivity (Wildman–Crippen MR) is 56.6 cm³/mol. The topological polar surface area (TPSA) is 43.1 Å². The van der Waals surface area contributed by atoms with Crippen LogP contribution in [0, 0.1) is 6.07 Å². The number of hydrogen-bond donors (Lipinski definition) is 0. The molecule has 3 aromatic rings. The van der Waals surface area contributed by atoms with E-state index >= 15 is 0 Å². The first kappa shape index (κ1) is 11.0. The van der Waals surface area contributed by atoms with Gasteiger partial charge in [-0.1, -0.05) is 0 Å². The molecule has 2 aromatic heterocycles. The Hall–Kier alpha value is -1.51. The van der Waals surface area contributed by atoms with Crippen LogP contribution in [0.5, 0.6) is 0 Å². The van der Waals surface area contributed by atoms with E-state index in [9.17, 15) is 4.79 Å². The first-order chi connectivity index (χ1) is 7.36. The average molecular weight is 388 g/mol. The minimum absolute atomic E-state index is 0. The van der Waals surface area contributed by atoms with E-state index in [2.05, 4.69) is 11.1 Å². The van der Waals surface area contributed by atoms with Crippen LogP contribution in [0.25, 0.3) is 21.9 Å². The smallest absolute Gasteiger partial charge is 0.299 e. The first-order valence-electron chi connectivity index (χ1n) is 4.54. The molecule has 0 amide bonds. The molecule has 1 radical (unpaired) electrons. The van der Waals surface area contributed by atoms with Crippen molar-refractivity contribution in [3.63, 3.8) is 0 Å². The summed E-state index contributed by atoms with van der Waals surface area (Å²) < 4.78 is 5.14. The summed E-state index contributed by atoms with van der Waals surface area (Å²) in [5, 5.41) is 1.23. The van der Waals surface area contributed by atoms with Gasteiger partial charge in [0.1, 0.15) is 5.58 Å². The van der Waals surface area contributed by atoms with Gasteiger partial charge in [0.25, 0.3) is 5.63 Å². The Morgan fingerprint density at radius 3 is 3.00 bits per heavy atom. The second-order valence-electron chi connectivity index (χ2n) is 3.20. The van der Waals surface area contributed by atoms with Crippen LogP contribution < -0.4 is 5.63 Å². The van der Waals surface area contributed by atoms with E-state index in [1.54, 1.807) is 36.5 Å². The summed E-state index contributed by atoms with van der Waals surface area (Å²) in [6.07, 6.45) is 1.67. The third kappa shape index (κ3) is 1.56. The number of hydrogen-bond acceptors (Lipinski definition) is 3. The molecule has 16 heavy (non-hydrogen) atoms. The van der Waals surface area contributed by atoms with Crippen molar-refractivity contribution in [2.45, 2.75) is 0 Å². The van der Waals surface area contributed by atoms with Gasteiger partial charge in [0.15, 0.2) is 0 Å². The van der Waals surface area contributed by atoms with Crippen LogP contribution in [0.2, 0.25) is 0 Å². The van der Waals surface area contributed by atoms with Crippen molar-refractivity contribution < 1.29 is 24.5 Å². The number of fused-ring (bicyclic) bond motifs is 3. The quantitative estimate of drug-likeness (QED) is 0.438. The standard InChI is InChI=1S/C12H6NO2.Ir/c14-12-9-5-2-1-4-8(9)11-10(15-12)6-3-7-13-11;/h1-3,5-7H;/q-1;. The molecule has 0 fully saturated rings. The van der Waals surface area contributed by atoms with Crippen LogP contribution >= 0.6 is 0 Å². The maximum absolute atomic E-state index is 11.6. The molecule has 3 nitrogen and oxygen atoms in total. The molecular weight excluding hydrogens is 382 g/mol. The maximum Gasteiger partial charge on any atom is 0.299 e. The van der Waals surface area contributed by atoms with Gasteiger partial charge < -0.3 is 9.40 Å². The Balaban J connectivity index is 0.000000963. The summed E-state index contributed by atoms with van der Waals surface area (Å²) in [6, 6.07) is 11.7. The number of rotatable bonds is 0. The van der Waals surface area contributed by atoms with E-state index in [1.807, 2.05) is 0 Å². The Morgan fingerprint density at radius 2 is 2.12 bits per heavy atom. The monoisotopic (exact) mass is 389 g/mol. The minimum Gasteiger partial charge on any atom is -0.438 e. The van der Waals surface area contributed by atoms with Gasteiger partial charge in [0, 0.05) is 31.8 Å². The van der Waals surface area contributed by atoms with Gasteiger partial charge in [-0.25, -0.2) is 0 Å². The fraction of sp³-hybridized carbons (Fsp3) is 0. The van der Waals surface area contributed by atoms with Crippen molar-refractivity contribution in [2.75, 3.05) is 0 Å². The second kappa shape index (κ2) is 4.16. The number of aromatic nitrogens is 1. The molecule has 1 aromatic carbocycles. The van der Waals surface area contributed by atoms with Gasteiger partial charge >= 0.3 is 0 Å². The molecule has 81 valence electrons. The molecule has 0 saturated carbocycles. The van der Waals surface area contributed by atoms with Crippen molar-refractivity contribution in [3.05, 3.63) is 53.0 Å². The Labute approximate surface area is 104 Å². The molecular formula is C12H6IrNO2-. The van der Waals surface area contributed by atoms with Crippen molar-refractivity contribution in [3.8, 4) is 0 Å². The maximum atomic E-state index is 11.6. The SMILES string of the molecule is O=c1oc2cccnc2c2[c-]cccc12.[Ir]. The number of pyridine rings is 1. The van der Waals surface area contributed by atoms with Gasteiger partial charge in [-0.05, 0) is 17.5 Å². The summed E-state index contributed by atoms with van der Waals surface area (Å²) in [5.41, 5.74) is 0.826. The molecule has 0 bridgehead atoms. The van der Waals surface area contributed by atoms with Crippen molar-refractivity contribution in [1.82, 2.24) is 4.98 Å². The second-order valence-corrected chi connectivity index (χ2v) is 3.20. The fourth-order valence-electron chi connectivity index (χ4n) is 1.62. The van der Waals surface area contributed by atoms with Gasteiger partial charge in [-0.3, -0.25) is 4.79 Å². The minimum atomic E-state index is -0.345. The molecule has 2 heterocycles. The Bertz CT molecular complexity index is 706. The summed E-state index contributed by atoms with van der Waals surface area (Å²) in [6.45, 7) is 0. The van der Waals surface area contributed by atoms with Crippen LogP contribution in [0.15, 0.2) is 45.7 Å². The molecule has 0 aliphatic rings. The van der Waals surface area contributed by atoms with Crippen molar-refractivity contribution >= 4 is 21.9 Å². The fourth-order valence-corrected chi connectivity index (χ4v) is 1.62. The normalized spacial score (nSPS) is 10.2. The molecule has 0 N–H and O–H groups in total. The molecule has 0 spiro atoms. The van der Waals surface area contributed by atoms with Gasteiger partial charge in [0.05, 0.1) is 0 Å². The van der Waals surface area contributed by atoms with Crippen LogP contribution in [0.1, 0.15) is 0 Å². The van der Waals surface area contributed by atoms with E-state index in [0.29, 0.717) is 21.9 Å². The van der Waals surface area contributed by atoms with E-state index in [0.717, 1.165) is 0 Å². The van der Waals surface area contributed by atoms with Gasteiger partial charge in [-0.2, -0.15) is 0 Å². The van der Waals surface area contributed by atoms with Crippen LogP contribution in [0.3, 0.4) is 0 Å². The summed E-state index contributed by atoms with van der Waals surface area (Å²) >= 11 is 0. The molecule has 0 unspecified atom stereocenters. The average Bonchev–Trinajstić information content (AvgIpc) is 2.30. The molecule has 0 atom stereocenters. The summed E-state index contributed by atoms with van der Waals surface area (Å²) in [4.78, 5) is 15.8. The summed E-state index contributed by atoms with van der Waals surface area (Å²) in [7, 11) is 0. The van der Waals surface area contributed by atoms with Crippen molar-refractivity contribution in [1.29, 1.82) is 0 Å². The molecule has 0 aliphatic carbocycles. The van der Waals surface area contributed by atoms with E-state index in [4.69, 9.17) is 4.42 Å². The number of nitrogens with zero attached hydrogens (tertiary/aromatic N) is 1. The van der Waals surface area contributed by atoms with E-state index < -0.39 is 0 Å². The van der Waals surface area contributed by atoms with Crippen molar-refractivity contribution in [2.24, 2.45) is 0 Å².